The van der Waals surface area contributed by atoms with E-state index >= 15 is 0 Å². The molecule has 52 heavy (non-hydrogen) atoms. The van der Waals surface area contributed by atoms with E-state index in [4.69, 9.17) is 19.9 Å². The Morgan fingerprint density at radius 1 is 0.481 bits per heavy atom. The molecule has 0 fully saturated rings. The highest BCUT2D eigenvalue weighted by Crippen LogP contribution is 2.51. The molecule has 5 heteroatoms. The molecular formula is C47H33N5. The maximum atomic E-state index is 5.47. The average molecular weight is 668 g/mol. The molecule has 0 spiro atoms. The van der Waals surface area contributed by atoms with Gasteiger partial charge in [-0.25, -0.2) is 9.97 Å². The molecule has 0 radical (unpaired) electrons. The molecule has 0 bridgehead atoms. The molecule has 0 amide bonds. The van der Waals surface area contributed by atoms with Gasteiger partial charge in [0.1, 0.15) is 0 Å². The van der Waals surface area contributed by atoms with Crippen LogP contribution in [0, 0.1) is 0 Å². The van der Waals surface area contributed by atoms with Gasteiger partial charge in [0, 0.05) is 67.6 Å². The average Bonchev–Trinajstić information content (AvgIpc) is 3.67. The molecule has 1 aliphatic carbocycles. The highest BCUT2D eigenvalue weighted by atomic mass is 15.0. The molecular weight excluding hydrogens is 635 g/mol. The summed E-state index contributed by atoms with van der Waals surface area (Å²) in [6, 6.07) is 53.2. The standard InChI is InChI=1S/C47H33N5/c1-47(2)38-16-6-3-15-37(38)45-43(47)44(30-21-23-34(24-22-30)52-41-19-7-4-13-35(41)36-14-5-8-20-42(36)52)50-46(51-45)33-28-31(39-17-9-11-25-48-39)27-32(29-33)40-18-10-12-26-49-40/h3-29H,1-2H3. The zero-order chi connectivity index (χ0) is 34.8. The molecule has 0 unspecified atom stereocenters. The first kappa shape index (κ1) is 30.1. The fraction of sp³-hybridized carbons (Fsp3) is 0.0638. The fourth-order valence-corrected chi connectivity index (χ4v) is 8.04. The highest BCUT2D eigenvalue weighted by Gasteiger charge is 2.40. The minimum absolute atomic E-state index is 0.291. The van der Waals surface area contributed by atoms with Crippen LogP contribution >= 0.6 is 0 Å². The van der Waals surface area contributed by atoms with E-state index in [0.29, 0.717) is 5.82 Å². The molecule has 0 saturated carbocycles. The van der Waals surface area contributed by atoms with Crippen molar-refractivity contribution in [3.8, 4) is 62.1 Å². The van der Waals surface area contributed by atoms with Crippen LogP contribution in [0.3, 0.4) is 0 Å². The van der Waals surface area contributed by atoms with Gasteiger partial charge in [-0.2, -0.15) is 0 Å². The summed E-state index contributed by atoms with van der Waals surface area (Å²) in [5.74, 6) is 0.669. The Labute approximate surface area is 302 Å². The maximum absolute atomic E-state index is 5.47. The zero-order valence-electron chi connectivity index (χ0n) is 28.8. The second-order valence-corrected chi connectivity index (χ2v) is 13.9. The summed E-state index contributed by atoms with van der Waals surface area (Å²) < 4.78 is 2.35. The Balaban J connectivity index is 1.19. The number of benzene rings is 5. The number of para-hydroxylation sites is 2. The van der Waals surface area contributed by atoms with Crippen LogP contribution in [0.25, 0.3) is 83.9 Å². The first-order valence-electron chi connectivity index (χ1n) is 17.6. The topological polar surface area (TPSA) is 56.5 Å². The van der Waals surface area contributed by atoms with Gasteiger partial charge in [0.05, 0.1) is 33.8 Å². The number of nitrogens with zero attached hydrogens (tertiary/aromatic N) is 5. The second kappa shape index (κ2) is 11.7. The van der Waals surface area contributed by atoms with Gasteiger partial charge in [-0.15, -0.1) is 0 Å². The van der Waals surface area contributed by atoms with Gasteiger partial charge in [0.25, 0.3) is 0 Å². The number of aromatic nitrogens is 5. The van der Waals surface area contributed by atoms with Crippen LogP contribution in [0.5, 0.6) is 0 Å². The number of hydrogen-bond donors (Lipinski definition) is 0. The van der Waals surface area contributed by atoms with Crippen molar-refractivity contribution in [1.29, 1.82) is 0 Å². The summed E-state index contributed by atoms with van der Waals surface area (Å²) in [5.41, 5.74) is 14.4. The van der Waals surface area contributed by atoms with Gasteiger partial charge in [0.2, 0.25) is 0 Å². The van der Waals surface area contributed by atoms with Crippen molar-refractivity contribution < 1.29 is 0 Å². The third-order valence-corrected chi connectivity index (χ3v) is 10.5. The van der Waals surface area contributed by atoms with Gasteiger partial charge in [-0.1, -0.05) is 98.8 Å². The van der Waals surface area contributed by atoms with Gasteiger partial charge in [-0.3, -0.25) is 9.97 Å². The normalized spacial score (nSPS) is 13.0. The summed E-state index contributed by atoms with van der Waals surface area (Å²) >= 11 is 0. The van der Waals surface area contributed by atoms with Crippen LogP contribution < -0.4 is 0 Å². The van der Waals surface area contributed by atoms with Crippen molar-refractivity contribution in [1.82, 2.24) is 24.5 Å². The Kier molecular flexibility index (Phi) is 6.77. The highest BCUT2D eigenvalue weighted by molar-refractivity contribution is 6.09. The van der Waals surface area contributed by atoms with Gasteiger partial charge >= 0.3 is 0 Å². The molecule has 10 rings (SSSR count). The Morgan fingerprint density at radius 2 is 1.02 bits per heavy atom. The first-order chi connectivity index (χ1) is 25.5. The number of pyridine rings is 2. The summed E-state index contributed by atoms with van der Waals surface area (Å²) in [7, 11) is 0. The van der Waals surface area contributed by atoms with Crippen LogP contribution in [0.4, 0.5) is 0 Å². The zero-order valence-corrected chi connectivity index (χ0v) is 28.8. The van der Waals surface area contributed by atoms with E-state index in [1.807, 2.05) is 48.8 Å². The monoisotopic (exact) mass is 667 g/mol. The van der Waals surface area contributed by atoms with E-state index in [1.165, 1.54) is 27.4 Å². The molecule has 0 N–H and O–H groups in total. The SMILES string of the molecule is CC1(C)c2ccccc2-c2nc(-c3cc(-c4ccccn4)cc(-c4ccccn4)c3)nc(-c3ccc(-n4c5ccccc5c5ccccc54)cc3)c21. The van der Waals surface area contributed by atoms with Crippen molar-refractivity contribution >= 4 is 21.8 Å². The summed E-state index contributed by atoms with van der Waals surface area (Å²) in [6.07, 6.45) is 3.66. The third-order valence-electron chi connectivity index (χ3n) is 10.5. The lowest BCUT2D eigenvalue weighted by molar-refractivity contribution is 0.658. The smallest absolute Gasteiger partial charge is 0.160 e. The Morgan fingerprint density at radius 3 is 1.63 bits per heavy atom. The van der Waals surface area contributed by atoms with E-state index in [1.54, 1.807) is 0 Å². The van der Waals surface area contributed by atoms with Gasteiger partial charge < -0.3 is 4.57 Å². The quantitative estimate of drug-likeness (QED) is 0.183. The van der Waals surface area contributed by atoms with Crippen molar-refractivity contribution in [2.45, 2.75) is 19.3 Å². The van der Waals surface area contributed by atoms with Crippen LogP contribution in [-0.2, 0) is 5.41 Å². The van der Waals surface area contributed by atoms with Crippen LogP contribution in [0.15, 0.2) is 164 Å². The molecule has 0 atom stereocenters. The minimum Gasteiger partial charge on any atom is -0.309 e. The van der Waals surface area contributed by atoms with Crippen LogP contribution in [0.2, 0.25) is 0 Å². The fourth-order valence-electron chi connectivity index (χ4n) is 8.04. The lowest BCUT2D eigenvalue weighted by Gasteiger charge is -2.24. The molecule has 9 aromatic rings. The van der Waals surface area contributed by atoms with Crippen molar-refractivity contribution in [3.63, 3.8) is 0 Å². The number of hydrogen-bond acceptors (Lipinski definition) is 4. The lowest BCUT2D eigenvalue weighted by atomic mass is 9.81. The Bertz CT molecular complexity index is 2690. The van der Waals surface area contributed by atoms with Gasteiger partial charge in [-0.05, 0) is 72.3 Å². The number of fused-ring (bicyclic) bond motifs is 6. The second-order valence-electron chi connectivity index (χ2n) is 13.9. The van der Waals surface area contributed by atoms with Crippen LogP contribution in [0.1, 0.15) is 25.0 Å². The maximum Gasteiger partial charge on any atom is 0.160 e. The molecule has 0 aliphatic heterocycles. The Hall–Kier alpha value is -6.72. The molecule has 1 aliphatic rings. The van der Waals surface area contributed by atoms with E-state index in [2.05, 4.69) is 134 Å². The molecule has 246 valence electrons. The van der Waals surface area contributed by atoms with Crippen LogP contribution in [-0.4, -0.2) is 24.5 Å². The molecule has 4 heterocycles. The van der Waals surface area contributed by atoms with E-state index in [9.17, 15) is 0 Å². The third kappa shape index (κ3) is 4.70. The van der Waals surface area contributed by atoms with Crippen molar-refractivity contribution in [2.24, 2.45) is 0 Å². The summed E-state index contributed by atoms with van der Waals surface area (Å²) in [6.45, 7) is 4.58. The predicted octanol–water partition coefficient (Wildman–Crippen LogP) is 11.3. The van der Waals surface area contributed by atoms with Crippen molar-refractivity contribution in [2.75, 3.05) is 0 Å². The molecule has 0 saturated heterocycles. The molecule has 5 nitrogen and oxygen atoms in total. The first-order valence-corrected chi connectivity index (χ1v) is 17.6. The summed E-state index contributed by atoms with van der Waals surface area (Å²) in [4.78, 5) is 20.2. The van der Waals surface area contributed by atoms with Gasteiger partial charge in [0.15, 0.2) is 5.82 Å². The lowest BCUT2D eigenvalue weighted by Crippen LogP contribution is -2.17. The largest absolute Gasteiger partial charge is 0.309 e. The predicted molar refractivity (Wildman–Crippen MR) is 211 cm³/mol. The van der Waals surface area contributed by atoms with E-state index in [0.717, 1.165) is 61.8 Å². The van der Waals surface area contributed by atoms with E-state index < -0.39 is 0 Å². The van der Waals surface area contributed by atoms with Crippen molar-refractivity contribution in [3.05, 3.63) is 175 Å². The summed E-state index contributed by atoms with van der Waals surface area (Å²) in [5, 5.41) is 2.50. The molecule has 5 aromatic carbocycles. The molecule has 4 aromatic heterocycles. The number of rotatable bonds is 5. The minimum atomic E-state index is -0.291. The van der Waals surface area contributed by atoms with E-state index in [-0.39, 0.29) is 5.41 Å².